The van der Waals surface area contributed by atoms with E-state index in [4.69, 9.17) is 0 Å². The fourth-order valence-corrected chi connectivity index (χ4v) is 3.67. The standard InChI is InChI=1S/C16H30N2O2/c1-4-17-16(15(19)20,14-5-6-14)11-18-9-7-13(8-10-18)12(2)3/h12-14,17H,4-11H2,1-3H3,(H,19,20). The summed E-state index contributed by atoms with van der Waals surface area (Å²) < 4.78 is 0. The summed E-state index contributed by atoms with van der Waals surface area (Å²) in [6.45, 7) is 10.1. The second-order valence-corrected chi connectivity index (χ2v) is 6.94. The zero-order chi connectivity index (χ0) is 14.8. The molecule has 1 saturated heterocycles. The number of hydrogen-bond donors (Lipinski definition) is 2. The number of carboxylic acid groups (broad SMARTS) is 1. The van der Waals surface area contributed by atoms with E-state index in [2.05, 4.69) is 24.1 Å². The van der Waals surface area contributed by atoms with Crippen molar-refractivity contribution in [2.24, 2.45) is 17.8 Å². The average Bonchev–Trinajstić information content (AvgIpc) is 3.23. The molecule has 1 aliphatic carbocycles. The van der Waals surface area contributed by atoms with Crippen molar-refractivity contribution in [1.29, 1.82) is 0 Å². The molecule has 0 spiro atoms. The minimum Gasteiger partial charge on any atom is -0.480 e. The molecule has 4 heteroatoms. The number of carboxylic acids is 1. The van der Waals surface area contributed by atoms with Crippen LogP contribution in [0.1, 0.15) is 46.5 Å². The summed E-state index contributed by atoms with van der Waals surface area (Å²) in [5.74, 6) is 1.22. The van der Waals surface area contributed by atoms with Crippen molar-refractivity contribution in [2.75, 3.05) is 26.2 Å². The molecule has 4 nitrogen and oxygen atoms in total. The fraction of sp³-hybridized carbons (Fsp3) is 0.938. The van der Waals surface area contributed by atoms with E-state index in [0.29, 0.717) is 12.5 Å². The van der Waals surface area contributed by atoms with Crippen molar-refractivity contribution in [2.45, 2.75) is 52.0 Å². The van der Waals surface area contributed by atoms with Gasteiger partial charge in [0.25, 0.3) is 0 Å². The number of likely N-dealkylation sites (N-methyl/N-ethyl adjacent to an activating group) is 1. The van der Waals surface area contributed by atoms with Gasteiger partial charge in [0.2, 0.25) is 0 Å². The van der Waals surface area contributed by atoms with E-state index in [1.807, 2.05) is 6.92 Å². The second-order valence-electron chi connectivity index (χ2n) is 6.94. The molecule has 0 aromatic rings. The maximum atomic E-state index is 11.8. The van der Waals surface area contributed by atoms with Gasteiger partial charge in [0.05, 0.1) is 0 Å². The first-order valence-electron chi connectivity index (χ1n) is 8.20. The van der Waals surface area contributed by atoms with Crippen molar-refractivity contribution in [3.8, 4) is 0 Å². The van der Waals surface area contributed by atoms with Crippen LogP contribution in [0.25, 0.3) is 0 Å². The van der Waals surface area contributed by atoms with Crippen molar-refractivity contribution < 1.29 is 9.90 Å². The zero-order valence-corrected chi connectivity index (χ0v) is 13.2. The lowest BCUT2D eigenvalue weighted by Gasteiger charge is -2.40. The summed E-state index contributed by atoms with van der Waals surface area (Å²) in [6, 6.07) is 0. The van der Waals surface area contributed by atoms with E-state index in [0.717, 1.165) is 44.3 Å². The van der Waals surface area contributed by atoms with E-state index in [-0.39, 0.29) is 0 Å². The van der Waals surface area contributed by atoms with Gasteiger partial charge in [-0.3, -0.25) is 4.79 Å². The molecule has 0 bridgehead atoms. The van der Waals surface area contributed by atoms with Crippen LogP contribution in [0.4, 0.5) is 0 Å². The van der Waals surface area contributed by atoms with Crippen molar-refractivity contribution in [3.05, 3.63) is 0 Å². The quantitative estimate of drug-likeness (QED) is 0.751. The van der Waals surface area contributed by atoms with Gasteiger partial charge >= 0.3 is 5.97 Å². The van der Waals surface area contributed by atoms with Crippen LogP contribution in [0, 0.1) is 17.8 Å². The summed E-state index contributed by atoms with van der Waals surface area (Å²) in [7, 11) is 0. The van der Waals surface area contributed by atoms with Crippen LogP contribution >= 0.6 is 0 Å². The Balaban J connectivity index is 1.97. The Bertz CT molecular complexity index is 333. The van der Waals surface area contributed by atoms with Crippen LogP contribution in [0.3, 0.4) is 0 Å². The normalized spacial score (nSPS) is 24.8. The molecule has 0 amide bonds. The van der Waals surface area contributed by atoms with Gasteiger partial charge in [-0.1, -0.05) is 20.8 Å². The largest absolute Gasteiger partial charge is 0.480 e. The van der Waals surface area contributed by atoms with Crippen LogP contribution < -0.4 is 5.32 Å². The number of hydrogen-bond acceptors (Lipinski definition) is 3. The van der Waals surface area contributed by atoms with Gasteiger partial charge in [-0.05, 0) is 63.1 Å². The second kappa shape index (κ2) is 6.44. The van der Waals surface area contributed by atoms with Crippen molar-refractivity contribution in [3.63, 3.8) is 0 Å². The van der Waals surface area contributed by atoms with E-state index in [9.17, 15) is 9.90 Å². The summed E-state index contributed by atoms with van der Waals surface area (Å²) in [6.07, 6.45) is 4.54. The predicted octanol–water partition coefficient (Wildman–Crippen LogP) is 2.20. The highest BCUT2D eigenvalue weighted by Crippen LogP contribution is 2.41. The topological polar surface area (TPSA) is 52.6 Å². The molecular formula is C16H30N2O2. The summed E-state index contributed by atoms with van der Waals surface area (Å²) in [5.41, 5.74) is -0.709. The molecule has 1 heterocycles. The van der Waals surface area contributed by atoms with Crippen molar-refractivity contribution in [1.82, 2.24) is 10.2 Å². The molecule has 1 saturated carbocycles. The minimum absolute atomic E-state index is 0.322. The molecule has 0 aromatic carbocycles. The number of piperidine rings is 1. The van der Waals surface area contributed by atoms with Gasteiger partial charge in [-0.15, -0.1) is 0 Å². The predicted molar refractivity (Wildman–Crippen MR) is 80.8 cm³/mol. The highest BCUT2D eigenvalue weighted by molar-refractivity contribution is 5.80. The molecule has 2 aliphatic rings. The molecule has 1 aliphatic heterocycles. The molecule has 116 valence electrons. The minimum atomic E-state index is -0.709. The van der Waals surface area contributed by atoms with Crippen molar-refractivity contribution >= 4 is 5.97 Å². The molecule has 0 aromatic heterocycles. The molecular weight excluding hydrogens is 252 g/mol. The first-order chi connectivity index (χ1) is 9.49. The number of carbonyl (C=O) groups is 1. The van der Waals surface area contributed by atoms with E-state index in [1.54, 1.807) is 0 Å². The maximum Gasteiger partial charge on any atom is 0.325 e. The molecule has 2 rings (SSSR count). The number of nitrogens with zero attached hydrogens (tertiary/aromatic N) is 1. The molecule has 2 N–H and O–H groups in total. The van der Waals surface area contributed by atoms with Gasteiger partial charge < -0.3 is 15.3 Å². The molecule has 1 atom stereocenters. The molecule has 2 fully saturated rings. The molecule has 20 heavy (non-hydrogen) atoms. The lowest BCUT2D eigenvalue weighted by atomic mass is 9.85. The first kappa shape index (κ1) is 15.8. The number of rotatable bonds is 7. The zero-order valence-electron chi connectivity index (χ0n) is 13.2. The third-order valence-electron chi connectivity index (χ3n) is 5.20. The lowest BCUT2D eigenvalue weighted by molar-refractivity contribution is -0.147. The highest BCUT2D eigenvalue weighted by Gasteiger charge is 2.51. The fourth-order valence-electron chi connectivity index (χ4n) is 3.67. The molecule has 0 radical (unpaired) electrons. The van der Waals surface area contributed by atoms with E-state index < -0.39 is 11.5 Å². The van der Waals surface area contributed by atoms with Crippen LogP contribution in [-0.2, 0) is 4.79 Å². The lowest BCUT2D eigenvalue weighted by Crippen LogP contribution is -2.61. The van der Waals surface area contributed by atoms with E-state index in [1.165, 1.54) is 12.8 Å². The third kappa shape index (κ3) is 3.34. The van der Waals surface area contributed by atoms with Crippen LogP contribution in [0.2, 0.25) is 0 Å². The monoisotopic (exact) mass is 282 g/mol. The third-order valence-corrected chi connectivity index (χ3v) is 5.20. The van der Waals surface area contributed by atoms with Gasteiger partial charge in [0.15, 0.2) is 0 Å². The first-order valence-corrected chi connectivity index (χ1v) is 8.20. The Kier molecular flexibility index (Phi) is 5.08. The van der Waals surface area contributed by atoms with Crippen LogP contribution in [0.5, 0.6) is 0 Å². The Morgan fingerprint density at radius 1 is 1.30 bits per heavy atom. The summed E-state index contributed by atoms with van der Waals surface area (Å²) in [4.78, 5) is 14.2. The van der Waals surface area contributed by atoms with Crippen LogP contribution in [0.15, 0.2) is 0 Å². The summed E-state index contributed by atoms with van der Waals surface area (Å²) >= 11 is 0. The highest BCUT2D eigenvalue weighted by atomic mass is 16.4. The Morgan fingerprint density at radius 2 is 1.90 bits per heavy atom. The smallest absolute Gasteiger partial charge is 0.325 e. The SMILES string of the molecule is CCNC(CN1CCC(C(C)C)CC1)(C(=O)O)C1CC1. The molecule has 1 unspecified atom stereocenters. The number of likely N-dealkylation sites (tertiary alicyclic amines) is 1. The average molecular weight is 282 g/mol. The number of aliphatic carboxylic acids is 1. The number of nitrogens with one attached hydrogen (secondary N) is 1. The van der Waals surface area contributed by atoms with E-state index >= 15 is 0 Å². The Hall–Kier alpha value is -0.610. The summed E-state index contributed by atoms with van der Waals surface area (Å²) in [5, 5.41) is 13.0. The Morgan fingerprint density at radius 3 is 2.30 bits per heavy atom. The Labute approximate surface area is 122 Å². The van der Waals surface area contributed by atoms with Gasteiger partial charge in [-0.2, -0.15) is 0 Å². The van der Waals surface area contributed by atoms with Gasteiger partial charge in [0, 0.05) is 6.54 Å². The van der Waals surface area contributed by atoms with Crippen LogP contribution in [-0.4, -0.2) is 47.7 Å². The van der Waals surface area contributed by atoms with Gasteiger partial charge in [0.1, 0.15) is 5.54 Å². The maximum absolute atomic E-state index is 11.8. The van der Waals surface area contributed by atoms with Gasteiger partial charge in [-0.25, -0.2) is 0 Å².